The Bertz CT molecular complexity index is 1440. The Morgan fingerprint density at radius 1 is 0.829 bits per heavy atom. The first-order valence-electron chi connectivity index (χ1n) is 12.5. The summed E-state index contributed by atoms with van der Waals surface area (Å²) in [6.45, 7) is 4.70. The molecule has 0 saturated heterocycles. The van der Waals surface area contributed by atoms with Crippen molar-refractivity contribution >= 4 is 52.3 Å². The fourth-order valence-electron chi connectivity index (χ4n) is 5.22. The van der Waals surface area contributed by atoms with Crippen LogP contribution < -0.4 is 10.4 Å². The largest absolute Gasteiger partial charge is 0.308 e. The highest BCUT2D eigenvalue weighted by Gasteiger charge is 2.28. The second-order valence-corrected chi connectivity index (χ2v) is 11.0. The average Bonchev–Trinajstić information content (AvgIpc) is 2.88. The molecule has 0 bridgehead atoms. The van der Waals surface area contributed by atoms with Crippen molar-refractivity contribution < 1.29 is 0 Å². The van der Waals surface area contributed by atoms with Crippen molar-refractivity contribution in [2.45, 2.75) is 36.4 Å². The smallest absolute Gasteiger partial charge is 0.151 e. The molecule has 171 valence electrons. The predicted molar refractivity (Wildman–Crippen MR) is 153 cm³/mol. The predicted octanol–water partition coefficient (Wildman–Crippen LogP) is 8.68. The van der Waals surface area contributed by atoms with Crippen molar-refractivity contribution in [2.24, 2.45) is 11.3 Å². The van der Waals surface area contributed by atoms with E-state index < -0.39 is 0 Å². The topological polar surface area (TPSA) is 3.24 Å². The SMILES string of the molecule is CC1C=CC=CC1(C)CC[B]c1ccc(N2c3ccccc3Sc3cc4ccccc4cc32)cc1. The first-order chi connectivity index (χ1) is 17.1. The molecule has 0 saturated carbocycles. The molecule has 4 aromatic rings. The van der Waals surface area contributed by atoms with E-state index in [4.69, 9.17) is 0 Å². The summed E-state index contributed by atoms with van der Waals surface area (Å²) in [5.41, 5.74) is 5.23. The number of nitrogens with zero attached hydrogens (tertiary/aromatic N) is 1. The van der Waals surface area contributed by atoms with Gasteiger partial charge in [0.25, 0.3) is 0 Å². The summed E-state index contributed by atoms with van der Waals surface area (Å²) in [6, 6.07) is 31.1. The first-order valence-corrected chi connectivity index (χ1v) is 13.3. The highest BCUT2D eigenvalue weighted by Crippen LogP contribution is 2.52. The van der Waals surface area contributed by atoms with Crippen molar-refractivity contribution in [3.8, 4) is 0 Å². The summed E-state index contributed by atoms with van der Waals surface area (Å²) in [4.78, 5) is 5.01. The van der Waals surface area contributed by atoms with Crippen LogP contribution in [-0.2, 0) is 0 Å². The molecule has 1 heterocycles. The van der Waals surface area contributed by atoms with Crippen LogP contribution in [0, 0.1) is 11.3 Å². The van der Waals surface area contributed by atoms with Gasteiger partial charge in [0.05, 0.1) is 11.4 Å². The number of allylic oxidation sites excluding steroid dienone is 4. The number of para-hydroxylation sites is 1. The highest BCUT2D eigenvalue weighted by atomic mass is 32.2. The second-order valence-electron chi connectivity index (χ2n) is 9.95. The number of hydrogen-bond acceptors (Lipinski definition) is 2. The quantitative estimate of drug-likeness (QED) is 0.236. The molecule has 35 heavy (non-hydrogen) atoms. The van der Waals surface area contributed by atoms with E-state index in [1.807, 2.05) is 11.8 Å². The molecule has 1 nitrogen and oxygen atoms in total. The molecule has 0 aromatic heterocycles. The van der Waals surface area contributed by atoms with Gasteiger partial charge in [-0.15, -0.1) is 0 Å². The van der Waals surface area contributed by atoms with Gasteiger partial charge < -0.3 is 4.90 Å². The molecular weight excluding hydrogens is 441 g/mol. The van der Waals surface area contributed by atoms with Crippen LogP contribution >= 0.6 is 11.8 Å². The summed E-state index contributed by atoms with van der Waals surface area (Å²) < 4.78 is 0. The fourth-order valence-corrected chi connectivity index (χ4v) is 6.30. The molecule has 3 heteroatoms. The van der Waals surface area contributed by atoms with E-state index >= 15 is 0 Å². The van der Waals surface area contributed by atoms with Crippen LogP contribution in [0.1, 0.15) is 20.3 Å². The van der Waals surface area contributed by atoms with Gasteiger partial charge in [-0.25, -0.2) is 0 Å². The second kappa shape index (κ2) is 9.13. The zero-order chi connectivity index (χ0) is 23.8. The Hall–Kier alpha value is -3.17. The summed E-state index contributed by atoms with van der Waals surface area (Å²) >= 11 is 1.87. The maximum absolute atomic E-state index is 2.42. The lowest BCUT2D eigenvalue weighted by Crippen LogP contribution is -2.25. The molecule has 1 aliphatic heterocycles. The third kappa shape index (κ3) is 4.23. The minimum Gasteiger partial charge on any atom is -0.308 e. The van der Waals surface area contributed by atoms with Gasteiger partial charge in [0.2, 0.25) is 0 Å². The standard InChI is InChI=1S/C32H29BNS/c1-23-9-7-8-18-32(23,2)19-20-33-26-14-16-27(17-15-26)34-28-12-5-6-13-30(28)35-31-22-25-11-4-3-10-24(25)21-29(31)34/h3-18,21-23H,19-20H2,1-2H3. The van der Waals surface area contributed by atoms with Crippen LogP contribution in [0.5, 0.6) is 0 Å². The number of fused-ring (bicyclic) bond motifs is 3. The van der Waals surface area contributed by atoms with Crippen LogP contribution in [0.2, 0.25) is 6.32 Å². The van der Waals surface area contributed by atoms with E-state index in [1.54, 1.807) is 0 Å². The van der Waals surface area contributed by atoms with Gasteiger partial charge in [-0.2, -0.15) is 0 Å². The number of benzene rings is 4. The molecule has 4 aromatic carbocycles. The Kier molecular flexibility index (Phi) is 5.82. The molecule has 2 unspecified atom stereocenters. The van der Waals surface area contributed by atoms with Crippen LogP contribution in [0.25, 0.3) is 10.8 Å². The number of hydrogen-bond donors (Lipinski definition) is 0. The van der Waals surface area contributed by atoms with Crippen LogP contribution in [0.15, 0.2) is 119 Å². The maximum Gasteiger partial charge on any atom is 0.151 e. The van der Waals surface area contributed by atoms with Crippen LogP contribution in [-0.4, -0.2) is 7.28 Å². The van der Waals surface area contributed by atoms with Crippen LogP contribution in [0.4, 0.5) is 17.1 Å². The molecule has 0 fully saturated rings. The molecule has 2 atom stereocenters. The minimum atomic E-state index is 0.243. The molecule has 1 aliphatic carbocycles. The van der Waals surface area contributed by atoms with Crippen molar-refractivity contribution in [2.75, 3.05) is 4.90 Å². The minimum absolute atomic E-state index is 0.243. The lowest BCUT2D eigenvalue weighted by molar-refractivity contribution is 0.313. The summed E-state index contributed by atoms with van der Waals surface area (Å²) in [5, 5.41) is 2.56. The first kappa shape index (κ1) is 22.3. The monoisotopic (exact) mass is 470 g/mol. The van der Waals surface area contributed by atoms with Gasteiger partial charge in [-0.05, 0) is 58.5 Å². The Morgan fingerprint density at radius 2 is 1.57 bits per heavy atom. The van der Waals surface area contributed by atoms with Gasteiger partial charge in [-0.3, -0.25) is 0 Å². The van der Waals surface area contributed by atoms with Gasteiger partial charge in [0.15, 0.2) is 7.28 Å². The molecule has 2 aliphatic rings. The summed E-state index contributed by atoms with van der Waals surface area (Å²) in [7, 11) is 2.38. The number of anilines is 3. The lowest BCUT2D eigenvalue weighted by atomic mass is 9.61. The van der Waals surface area contributed by atoms with E-state index in [2.05, 4.69) is 135 Å². The summed E-state index contributed by atoms with van der Waals surface area (Å²) in [6.07, 6.45) is 11.3. The number of rotatable bonds is 5. The molecule has 0 amide bonds. The van der Waals surface area contributed by atoms with E-state index in [0.717, 1.165) is 12.7 Å². The Labute approximate surface area is 213 Å². The molecule has 6 rings (SSSR count). The highest BCUT2D eigenvalue weighted by molar-refractivity contribution is 7.99. The molecule has 1 radical (unpaired) electrons. The van der Waals surface area contributed by atoms with Gasteiger partial charge in [-0.1, -0.05) is 117 Å². The van der Waals surface area contributed by atoms with Gasteiger partial charge in [0, 0.05) is 15.5 Å². The van der Waals surface area contributed by atoms with E-state index in [1.165, 1.54) is 43.1 Å². The Morgan fingerprint density at radius 3 is 2.37 bits per heavy atom. The Balaban J connectivity index is 1.28. The van der Waals surface area contributed by atoms with E-state index in [9.17, 15) is 0 Å². The van der Waals surface area contributed by atoms with E-state index in [-0.39, 0.29) is 5.41 Å². The third-order valence-electron chi connectivity index (χ3n) is 7.64. The summed E-state index contributed by atoms with van der Waals surface area (Å²) in [5.74, 6) is 0.580. The normalized spacial score (nSPS) is 20.5. The fraction of sp³-hybridized carbons (Fsp3) is 0.188. The molecular formula is C32H29BNS. The lowest BCUT2D eigenvalue weighted by Gasteiger charge is -2.33. The molecule has 0 N–H and O–H groups in total. The van der Waals surface area contributed by atoms with Gasteiger partial charge in [0.1, 0.15) is 0 Å². The molecule has 0 spiro atoms. The maximum atomic E-state index is 2.42. The average molecular weight is 470 g/mol. The van der Waals surface area contributed by atoms with Crippen LogP contribution in [0.3, 0.4) is 0 Å². The zero-order valence-electron chi connectivity index (χ0n) is 20.3. The van der Waals surface area contributed by atoms with Gasteiger partial charge >= 0.3 is 0 Å². The van der Waals surface area contributed by atoms with Crippen molar-refractivity contribution in [3.63, 3.8) is 0 Å². The third-order valence-corrected chi connectivity index (χ3v) is 8.75. The van der Waals surface area contributed by atoms with Crippen molar-refractivity contribution in [3.05, 3.63) is 109 Å². The zero-order valence-corrected chi connectivity index (χ0v) is 21.1. The van der Waals surface area contributed by atoms with E-state index in [0.29, 0.717) is 5.92 Å². The van der Waals surface area contributed by atoms with Crippen molar-refractivity contribution in [1.29, 1.82) is 0 Å². The van der Waals surface area contributed by atoms with Crippen molar-refractivity contribution in [1.82, 2.24) is 0 Å².